The number of methoxy groups -OCH3 is 2. The summed E-state index contributed by atoms with van der Waals surface area (Å²) in [5.41, 5.74) is 0.686. The largest absolute Gasteiger partial charge is 0.495 e. The number of carbonyl (C=O) groups excluding carboxylic acids is 1. The number of nitrogens with one attached hydrogen (secondary N) is 1. The lowest BCUT2D eigenvalue weighted by atomic mass is 10.3. The Morgan fingerprint density at radius 2 is 1.76 bits per heavy atom. The Morgan fingerprint density at radius 1 is 1.07 bits per heavy atom. The molecule has 1 amide bonds. The minimum Gasteiger partial charge on any atom is -0.495 e. The molecule has 0 saturated heterocycles. The van der Waals surface area contributed by atoms with Crippen molar-refractivity contribution < 1.29 is 23.9 Å². The highest BCUT2D eigenvalue weighted by atomic mass is 32.1. The Hall–Kier alpha value is -2.84. The van der Waals surface area contributed by atoms with Gasteiger partial charge in [-0.2, -0.15) is 0 Å². The smallest absolute Gasteiger partial charge is 0.266 e. The summed E-state index contributed by atoms with van der Waals surface area (Å²) < 4.78 is 17.4. The van der Waals surface area contributed by atoms with E-state index in [1.807, 2.05) is 56.6 Å². The molecule has 2 aromatic carbocycles. The van der Waals surface area contributed by atoms with Gasteiger partial charge in [0.05, 0.1) is 41.4 Å². The van der Waals surface area contributed by atoms with Crippen LogP contribution in [-0.2, 0) is 4.79 Å². The zero-order valence-corrected chi connectivity index (χ0v) is 17.9. The summed E-state index contributed by atoms with van der Waals surface area (Å²) in [5, 5.41) is 0.603. The van der Waals surface area contributed by atoms with Crippen molar-refractivity contribution in [1.82, 2.24) is 4.98 Å². The molecule has 0 aliphatic heterocycles. The van der Waals surface area contributed by atoms with Crippen molar-refractivity contribution in [3.63, 3.8) is 0 Å². The van der Waals surface area contributed by atoms with Gasteiger partial charge in [0.1, 0.15) is 27.5 Å². The number of para-hydroxylation sites is 1. The van der Waals surface area contributed by atoms with Crippen LogP contribution < -0.4 is 24.0 Å². The van der Waals surface area contributed by atoms with E-state index in [9.17, 15) is 4.79 Å². The minimum absolute atomic E-state index is 0.0586. The van der Waals surface area contributed by atoms with E-state index in [0.29, 0.717) is 34.4 Å². The number of thiazole rings is 1. The van der Waals surface area contributed by atoms with Gasteiger partial charge in [0.15, 0.2) is 11.7 Å². The lowest BCUT2D eigenvalue weighted by Gasteiger charge is -2.20. The third-order valence-electron chi connectivity index (χ3n) is 4.37. The average Bonchev–Trinajstić information content (AvgIpc) is 3.17. The Labute approximate surface area is 174 Å². The Kier molecular flexibility index (Phi) is 6.90. The third kappa shape index (κ3) is 4.96. The van der Waals surface area contributed by atoms with E-state index in [4.69, 9.17) is 19.2 Å². The van der Waals surface area contributed by atoms with Crippen molar-refractivity contribution in [3.05, 3.63) is 42.5 Å². The van der Waals surface area contributed by atoms with Gasteiger partial charge in [0, 0.05) is 0 Å². The molecule has 0 atom stereocenters. The molecule has 0 radical (unpaired) electrons. The maximum atomic E-state index is 13.0. The second-order valence-electron chi connectivity index (χ2n) is 6.75. The van der Waals surface area contributed by atoms with Crippen LogP contribution in [0.1, 0.15) is 0 Å². The molecule has 0 bridgehead atoms. The molecule has 0 aliphatic rings. The molecule has 1 aromatic heterocycles. The van der Waals surface area contributed by atoms with Gasteiger partial charge in [-0.1, -0.05) is 29.5 Å². The standard InChI is InChI=1S/C21H25N3O4S/c1-23(2)12-13-24(18(25)14-28-15-8-6-5-7-9-15)21-22-19-16(26-3)10-11-17(27-4)20(19)29-21/h5-11H,12-14H2,1-4H3/p+1. The molecule has 0 aliphatic carbocycles. The van der Waals surface area contributed by atoms with E-state index < -0.39 is 0 Å². The number of aromatic nitrogens is 1. The average molecular weight is 417 g/mol. The maximum Gasteiger partial charge on any atom is 0.266 e. The number of hydrogen-bond donors (Lipinski definition) is 1. The van der Waals surface area contributed by atoms with E-state index in [1.54, 1.807) is 19.1 Å². The highest BCUT2D eigenvalue weighted by Gasteiger charge is 2.23. The predicted octanol–water partition coefficient (Wildman–Crippen LogP) is 1.87. The molecule has 3 aromatic rings. The molecular formula is C21H26N3O4S+. The van der Waals surface area contributed by atoms with Crippen LogP contribution in [0, 0.1) is 0 Å². The molecule has 0 saturated carbocycles. The van der Waals surface area contributed by atoms with Crippen LogP contribution in [0.3, 0.4) is 0 Å². The van der Waals surface area contributed by atoms with Crippen molar-refractivity contribution in [2.75, 3.05) is 52.9 Å². The number of amides is 1. The van der Waals surface area contributed by atoms with Crippen LogP contribution in [0.25, 0.3) is 10.2 Å². The van der Waals surface area contributed by atoms with Gasteiger partial charge in [0.2, 0.25) is 0 Å². The summed E-state index contributed by atoms with van der Waals surface area (Å²) >= 11 is 1.41. The summed E-state index contributed by atoms with van der Waals surface area (Å²) in [6.07, 6.45) is 0. The second-order valence-corrected chi connectivity index (χ2v) is 7.73. The zero-order chi connectivity index (χ0) is 20.8. The van der Waals surface area contributed by atoms with E-state index in [-0.39, 0.29) is 12.5 Å². The molecule has 1 N–H and O–H groups in total. The van der Waals surface area contributed by atoms with E-state index in [1.165, 1.54) is 16.2 Å². The normalized spacial score (nSPS) is 10.9. The fraction of sp³-hybridized carbons (Fsp3) is 0.333. The van der Waals surface area contributed by atoms with Crippen molar-refractivity contribution in [2.24, 2.45) is 0 Å². The molecule has 3 rings (SSSR count). The number of carbonyl (C=O) groups is 1. The summed E-state index contributed by atoms with van der Waals surface area (Å²) in [6, 6.07) is 13.0. The van der Waals surface area contributed by atoms with Gasteiger partial charge in [-0.25, -0.2) is 4.98 Å². The van der Waals surface area contributed by atoms with E-state index in [2.05, 4.69) is 0 Å². The van der Waals surface area contributed by atoms with Crippen LogP contribution in [0.2, 0.25) is 0 Å². The predicted molar refractivity (Wildman–Crippen MR) is 115 cm³/mol. The number of benzene rings is 2. The van der Waals surface area contributed by atoms with Crippen molar-refractivity contribution in [2.45, 2.75) is 0 Å². The first-order valence-corrected chi connectivity index (χ1v) is 10.1. The molecule has 154 valence electrons. The zero-order valence-electron chi connectivity index (χ0n) is 17.1. The second kappa shape index (κ2) is 9.58. The third-order valence-corrected chi connectivity index (χ3v) is 5.46. The molecule has 0 spiro atoms. The highest BCUT2D eigenvalue weighted by Crippen LogP contribution is 2.40. The summed E-state index contributed by atoms with van der Waals surface area (Å²) in [4.78, 5) is 20.6. The van der Waals surface area contributed by atoms with Crippen LogP contribution in [-0.4, -0.2) is 58.9 Å². The monoisotopic (exact) mass is 416 g/mol. The maximum absolute atomic E-state index is 13.0. The number of ether oxygens (including phenoxy) is 3. The SMILES string of the molecule is COc1ccc(OC)c2sc(N(CC[NH+](C)C)C(=O)COc3ccccc3)nc12. The van der Waals surface area contributed by atoms with Crippen molar-refractivity contribution in [1.29, 1.82) is 0 Å². The van der Waals surface area contributed by atoms with Gasteiger partial charge in [-0.3, -0.25) is 9.69 Å². The number of anilines is 1. The Balaban J connectivity index is 1.90. The number of fused-ring (bicyclic) bond motifs is 1. The molecule has 0 unspecified atom stereocenters. The van der Waals surface area contributed by atoms with E-state index in [0.717, 1.165) is 11.2 Å². The summed E-state index contributed by atoms with van der Waals surface area (Å²) in [5.74, 6) is 1.86. The first kappa shape index (κ1) is 20.9. The van der Waals surface area contributed by atoms with Crippen LogP contribution in [0.15, 0.2) is 42.5 Å². The van der Waals surface area contributed by atoms with Crippen LogP contribution >= 0.6 is 11.3 Å². The van der Waals surface area contributed by atoms with Crippen molar-refractivity contribution in [3.8, 4) is 17.2 Å². The number of rotatable bonds is 9. The molecule has 7 nitrogen and oxygen atoms in total. The quantitative estimate of drug-likeness (QED) is 0.577. The lowest BCUT2D eigenvalue weighted by Crippen LogP contribution is -3.06. The van der Waals surface area contributed by atoms with Gasteiger partial charge in [-0.05, 0) is 24.3 Å². The van der Waals surface area contributed by atoms with Crippen LogP contribution in [0.5, 0.6) is 17.2 Å². The Bertz CT molecular complexity index is 918. The molecular weight excluding hydrogens is 390 g/mol. The van der Waals surface area contributed by atoms with Gasteiger partial charge in [0.25, 0.3) is 5.91 Å². The minimum atomic E-state index is -0.146. The highest BCUT2D eigenvalue weighted by molar-refractivity contribution is 7.22. The number of hydrogen-bond acceptors (Lipinski definition) is 6. The van der Waals surface area contributed by atoms with E-state index >= 15 is 0 Å². The fourth-order valence-corrected chi connectivity index (χ4v) is 3.91. The molecule has 29 heavy (non-hydrogen) atoms. The first-order chi connectivity index (χ1) is 14.0. The van der Waals surface area contributed by atoms with Crippen molar-refractivity contribution >= 4 is 32.6 Å². The van der Waals surface area contributed by atoms with Gasteiger partial charge >= 0.3 is 0 Å². The molecule has 1 heterocycles. The molecule has 8 heteroatoms. The summed E-state index contributed by atoms with van der Waals surface area (Å²) in [6.45, 7) is 1.25. The first-order valence-electron chi connectivity index (χ1n) is 9.32. The number of nitrogens with zero attached hydrogens (tertiary/aromatic N) is 2. The fourth-order valence-electron chi connectivity index (χ4n) is 2.79. The number of likely N-dealkylation sites (N-methyl/N-ethyl adjacent to an activating group) is 1. The topological polar surface area (TPSA) is 65.3 Å². The molecule has 0 fully saturated rings. The Morgan fingerprint density at radius 3 is 2.41 bits per heavy atom. The summed E-state index contributed by atoms with van der Waals surface area (Å²) in [7, 11) is 7.32. The van der Waals surface area contributed by atoms with Crippen LogP contribution in [0.4, 0.5) is 5.13 Å². The number of quaternary nitrogens is 1. The lowest BCUT2D eigenvalue weighted by molar-refractivity contribution is -0.856. The van der Waals surface area contributed by atoms with Gasteiger partial charge in [-0.15, -0.1) is 0 Å². The van der Waals surface area contributed by atoms with Gasteiger partial charge < -0.3 is 19.1 Å².